The van der Waals surface area contributed by atoms with Crippen LogP contribution in [0.2, 0.25) is 0 Å². The quantitative estimate of drug-likeness (QED) is 0.775. The summed E-state index contributed by atoms with van der Waals surface area (Å²) >= 11 is 0. The van der Waals surface area contributed by atoms with Crippen LogP contribution in [0.5, 0.6) is 0 Å². The molecule has 1 fully saturated rings. The van der Waals surface area contributed by atoms with Gasteiger partial charge in [-0.25, -0.2) is 0 Å². The second kappa shape index (κ2) is 5.00. The van der Waals surface area contributed by atoms with Crippen LogP contribution >= 0.6 is 0 Å². The maximum Gasteiger partial charge on any atom is 0.274 e. The molecule has 1 aromatic rings. The molecule has 0 bridgehead atoms. The molecule has 1 N–H and O–H groups in total. The predicted molar refractivity (Wildman–Crippen MR) is 67.5 cm³/mol. The van der Waals surface area contributed by atoms with Gasteiger partial charge in [0.25, 0.3) is 11.8 Å². The van der Waals surface area contributed by atoms with E-state index >= 15 is 0 Å². The van der Waals surface area contributed by atoms with Crippen molar-refractivity contribution in [2.75, 3.05) is 26.7 Å². The number of hydrogen-bond donors (Lipinski definition) is 1. The first kappa shape index (κ1) is 13.5. The van der Waals surface area contributed by atoms with Crippen LogP contribution in [0.4, 0.5) is 0 Å². The molecule has 1 aliphatic rings. The number of likely N-dealkylation sites (N-methyl/N-ethyl adjacent to an activating group) is 1. The van der Waals surface area contributed by atoms with Gasteiger partial charge < -0.3 is 15.0 Å². The van der Waals surface area contributed by atoms with E-state index in [4.69, 9.17) is 4.74 Å². The molecule has 0 unspecified atom stereocenters. The Morgan fingerprint density at radius 2 is 2.26 bits per heavy atom. The molecule has 104 valence electrons. The van der Waals surface area contributed by atoms with Crippen LogP contribution in [0.3, 0.4) is 0 Å². The van der Waals surface area contributed by atoms with Gasteiger partial charge in [-0.05, 0) is 13.0 Å². The van der Waals surface area contributed by atoms with Crippen molar-refractivity contribution in [2.24, 2.45) is 7.05 Å². The number of carbonyl (C=O) groups excluding carboxylic acids is 2. The molecule has 1 saturated heterocycles. The third-order valence-corrected chi connectivity index (χ3v) is 3.20. The Hall–Kier alpha value is -1.89. The summed E-state index contributed by atoms with van der Waals surface area (Å²) in [6, 6.07) is 1.66. The van der Waals surface area contributed by atoms with E-state index in [9.17, 15) is 9.59 Å². The Bertz CT molecular complexity index is 499. The minimum atomic E-state index is -1.00. The molecule has 1 atom stereocenters. The summed E-state index contributed by atoms with van der Waals surface area (Å²) in [5.74, 6) is -0.412. The Morgan fingerprint density at radius 1 is 1.53 bits per heavy atom. The van der Waals surface area contributed by atoms with Crippen molar-refractivity contribution in [2.45, 2.75) is 12.5 Å². The fourth-order valence-corrected chi connectivity index (χ4v) is 2.14. The molecule has 0 spiro atoms. The highest BCUT2D eigenvalue weighted by atomic mass is 16.5. The lowest BCUT2D eigenvalue weighted by molar-refractivity contribution is -0.153. The fraction of sp³-hybridized carbons (Fsp3) is 0.583. The average Bonchev–Trinajstić information content (AvgIpc) is 2.83. The summed E-state index contributed by atoms with van der Waals surface area (Å²) in [4.78, 5) is 25.7. The second-order valence-corrected chi connectivity index (χ2v) is 4.76. The van der Waals surface area contributed by atoms with E-state index in [1.165, 1.54) is 0 Å². The number of hydrogen-bond acceptors (Lipinski definition) is 4. The van der Waals surface area contributed by atoms with Gasteiger partial charge in [-0.3, -0.25) is 14.3 Å². The summed E-state index contributed by atoms with van der Waals surface area (Å²) in [5.41, 5.74) is -0.624. The molecule has 1 aromatic heterocycles. The topological polar surface area (TPSA) is 76.5 Å². The highest BCUT2D eigenvalue weighted by Gasteiger charge is 2.40. The SMILES string of the molecule is CNC(=O)[C@@]1(C)CN(C(=O)c2ccn(C)n2)CCO1. The van der Waals surface area contributed by atoms with Crippen LogP contribution < -0.4 is 5.32 Å². The summed E-state index contributed by atoms with van der Waals surface area (Å²) in [6.07, 6.45) is 1.71. The first-order valence-corrected chi connectivity index (χ1v) is 6.11. The molecular formula is C12H18N4O3. The number of amides is 2. The number of carbonyl (C=O) groups is 2. The maximum atomic E-state index is 12.3. The van der Waals surface area contributed by atoms with Gasteiger partial charge in [-0.2, -0.15) is 5.10 Å². The highest BCUT2D eigenvalue weighted by molar-refractivity contribution is 5.93. The number of ether oxygens (including phenoxy) is 1. The van der Waals surface area contributed by atoms with Crippen molar-refractivity contribution >= 4 is 11.8 Å². The normalized spacial score (nSPS) is 23.2. The van der Waals surface area contributed by atoms with Crippen molar-refractivity contribution in [3.8, 4) is 0 Å². The van der Waals surface area contributed by atoms with Crippen molar-refractivity contribution in [1.82, 2.24) is 20.0 Å². The lowest BCUT2D eigenvalue weighted by atomic mass is 10.0. The summed E-state index contributed by atoms with van der Waals surface area (Å²) in [5, 5.41) is 6.64. The molecule has 2 amide bonds. The fourth-order valence-electron chi connectivity index (χ4n) is 2.14. The smallest absolute Gasteiger partial charge is 0.274 e. The zero-order valence-corrected chi connectivity index (χ0v) is 11.3. The number of rotatable bonds is 2. The lowest BCUT2D eigenvalue weighted by Crippen LogP contribution is -2.58. The van der Waals surface area contributed by atoms with Crippen LogP contribution in [0.1, 0.15) is 17.4 Å². The highest BCUT2D eigenvalue weighted by Crippen LogP contribution is 2.19. The summed E-state index contributed by atoms with van der Waals surface area (Å²) in [6.45, 7) is 2.70. The van der Waals surface area contributed by atoms with E-state index in [-0.39, 0.29) is 18.4 Å². The number of nitrogens with zero attached hydrogens (tertiary/aromatic N) is 3. The van der Waals surface area contributed by atoms with E-state index in [2.05, 4.69) is 10.4 Å². The minimum absolute atomic E-state index is 0.181. The van der Waals surface area contributed by atoms with Gasteiger partial charge in [0.1, 0.15) is 5.69 Å². The molecule has 0 radical (unpaired) electrons. The average molecular weight is 266 g/mol. The van der Waals surface area contributed by atoms with Crippen LogP contribution in [0, 0.1) is 0 Å². The first-order chi connectivity index (χ1) is 8.96. The second-order valence-electron chi connectivity index (χ2n) is 4.76. The first-order valence-electron chi connectivity index (χ1n) is 6.11. The predicted octanol–water partition coefficient (Wildman–Crippen LogP) is -0.603. The monoisotopic (exact) mass is 266 g/mol. The molecule has 0 aromatic carbocycles. The minimum Gasteiger partial charge on any atom is -0.362 e. The van der Waals surface area contributed by atoms with Crippen molar-refractivity contribution in [3.63, 3.8) is 0 Å². The molecular weight excluding hydrogens is 248 g/mol. The number of nitrogens with one attached hydrogen (secondary N) is 1. The molecule has 2 rings (SSSR count). The van der Waals surface area contributed by atoms with Gasteiger partial charge >= 0.3 is 0 Å². The molecule has 19 heavy (non-hydrogen) atoms. The Morgan fingerprint density at radius 3 is 2.84 bits per heavy atom. The van der Waals surface area contributed by atoms with Gasteiger partial charge in [-0.15, -0.1) is 0 Å². The van der Waals surface area contributed by atoms with Gasteiger partial charge in [-0.1, -0.05) is 0 Å². The lowest BCUT2D eigenvalue weighted by Gasteiger charge is -2.38. The Balaban J connectivity index is 2.13. The Kier molecular flexibility index (Phi) is 3.57. The van der Waals surface area contributed by atoms with Gasteiger partial charge in [0.15, 0.2) is 5.60 Å². The number of aryl methyl sites for hydroxylation is 1. The summed E-state index contributed by atoms with van der Waals surface area (Å²) in [7, 11) is 3.31. The van der Waals surface area contributed by atoms with Crippen LogP contribution in [-0.2, 0) is 16.6 Å². The van der Waals surface area contributed by atoms with Crippen LogP contribution in [0.15, 0.2) is 12.3 Å². The molecule has 7 nitrogen and oxygen atoms in total. The van der Waals surface area contributed by atoms with E-state index in [0.717, 1.165) is 0 Å². The standard InChI is InChI=1S/C12H18N4O3/c1-12(11(18)13-2)8-16(6-7-19-12)10(17)9-4-5-15(3)14-9/h4-5H,6-8H2,1-3H3,(H,13,18)/t12-/m1/s1. The van der Waals surface area contributed by atoms with E-state index in [1.54, 1.807) is 42.9 Å². The Labute approximate surface area is 111 Å². The van der Waals surface area contributed by atoms with Crippen molar-refractivity contribution < 1.29 is 14.3 Å². The number of morpholine rings is 1. The largest absolute Gasteiger partial charge is 0.362 e. The van der Waals surface area contributed by atoms with Gasteiger partial charge in [0.05, 0.1) is 13.2 Å². The maximum absolute atomic E-state index is 12.3. The molecule has 2 heterocycles. The van der Waals surface area contributed by atoms with Gasteiger partial charge in [0.2, 0.25) is 0 Å². The molecule has 0 saturated carbocycles. The van der Waals surface area contributed by atoms with Crippen LogP contribution in [-0.4, -0.2) is 58.8 Å². The third kappa shape index (κ3) is 2.60. The molecule has 0 aliphatic carbocycles. The van der Waals surface area contributed by atoms with E-state index < -0.39 is 5.60 Å². The van der Waals surface area contributed by atoms with Crippen molar-refractivity contribution in [3.05, 3.63) is 18.0 Å². The van der Waals surface area contributed by atoms with Crippen molar-refractivity contribution in [1.29, 1.82) is 0 Å². The molecule has 1 aliphatic heterocycles. The van der Waals surface area contributed by atoms with E-state index in [1.807, 2.05) is 0 Å². The van der Waals surface area contributed by atoms with Crippen LogP contribution in [0.25, 0.3) is 0 Å². The zero-order chi connectivity index (χ0) is 14.0. The van der Waals surface area contributed by atoms with E-state index in [0.29, 0.717) is 18.8 Å². The number of aromatic nitrogens is 2. The zero-order valence-electron chi connectivity index (χ0n) is 11.3. The van der Waals surface area contributed by atoms with Gasteiger partial charge in [0, 0.05) is 26.8 Å². The summed E-state index contributed by atoms with van der Waals surface area (Å²) < 4.78 is 7.08. The third-order valence-electron chi connectivity index (χ3n) is 3.20. The molecule has 7 heteroatoms.